The summed E-state index contributed by atoms with van der Waals surface area (Å²) in [6, 6.07) is 13.2. The number of halogens is 3. The van der Waals surface area contributed by atoms with Crippen LogP contribution in [0.5, 0.6) is 0 Å². The zero-order valence-electron chi connectivity index (χ0n) is 21.0. The van der Waals surface area contributed by atoms with Gasteiger partial charge in [0.25, 0.3) is 11.8 Å². The van der Waals surface area contributed by atoms with Gasteiger partial charge in [-0.05, 0) is 43.2 Å². The van der Waals surface area contributed by atoms with E-state index < -0.39 is 36.3 Å². The van der Waals surface area contributed by atoms with Gasteiger partial charge in [-0.15, -0.1) is 0 Å². The summed E-state index contributed by atoms with van der Waals surface area (Å²) in [6.07, 6.45) is -6.53. The molecule has 2 atom stereocenters. The van der Waals surface area contributed by atoms with Crippen molar-refractivity contribution in [1.29, 1.82) is 0 Å². The van der Waals surface area contributed by atoms with Gasteiger partial charge in [-0.3, -0.25) is 9.59 Å². The number of fused-ring (bicyclic) bond motifs is 1. The van der Waals surface area contributed by atoms with E-state index in [4.69, 9.17) is 0 Å². The second-order valence-corrected chi connectivity index (χ2v) is 9.48. The van der Waals surface area contributed by atoms with Crippen LogP contribution in [-0.2, 0) is 5.54 Å². The van der Waals surface area contributed by atoms with Crippen LogP contribution in [-0.4, -0.2) is 57.4 Å². The molecule has 0 fully saturated rings. The number of benzene rings is 2. The van der Waals surface area contributed by atoms with Crippen LogP contribution in [0, 0.1) is 0 Å². The van der Waals surface area contributed by atoms with E-state index in [-0.39, 0.29) is 29.8 Å². The molecule has 2 aromatic carbocycles. The van der Waals surface area contributed by atoms with Gasteiger partial charge in [0.05, 0.1) is 24.7 Å². The molecule has 0 aliphatic carbocycles. The summed E-state index contributed by atoms with van der Waals surface area (Å²) in [4.78, 5) is 33.4. The molecule has 0 spiro atoms. The van der Waals surface area contributed by atoms with Crippen molar-refractivity contribution < 1.29 is 33.0 Å². The van der Waals surface area contributed by atoms with E-state index in [9.17, 15) is 33.0 Å². The van der Waals surface area contributed by atoms with Crippen molar-refractivity contribution in [1.82, 2.24) is 20.6 Å². The molecule has 39 heavy (non-hydrogen) atoms. The number of anilines is 3. The number of aromatic nitrogens is 2. The van der Waals surface area contributed by atoms with Gasteiger partial charge in [-0.2, -0.15) is 18.2 Å². The Morgan fingerprint density at radius 3 is 2.54 bits per heavy atom. The van der Waals surface area contributed by atoms with E-state index in [1.54, 1.807) is 48.5 Å². The third-order valence-electron chi connectivity index (χ3n) is 6.18. The van der Waals surface area contributed by atoms with E-state index in [0.29, 0.717) is 16.8 Å². The maximum absolute atomic E-state index is 12.8. The lowest BCUT2D eigenvalue weighted by Crippen LogP contribution is -2.41. The van der Waals surface area contributed by atoms with Gasteiger partial charge >= 0.3 is 6.18 Å². The van der Waals surface area contributed by atoms with E-state index in [0.717, 1.165) is 11.8 Å². The van der Waals surface area contributed by atoms with Gasteiger partial charge in [0.1, 0.15) is 11.4 Å². The lowest BCUT2D eigenvalue weighted by Gasteiger charge is -2.21. The normalized spacial score (nSPS) is 15.6. The molecule has 2 amide bonds. The molecule has 3 aromatic rings. The van der Waals surface area contributed by atoms with Crippen LogP contribution in [0.25, 0.3) is 0 Å². The Bertz CT molecular complexity index is 1370. The van der Waals surface area contributed by atoms with Crippen molar-refractivity contribution in [3.8, 4) is 0 Å². The minimum Gasteiger partial charge on any atom is -0.394 e. The molecule has 6 N–H and O–H groups in total. The minimum absolute atomic E-state index is 0.0455. The second-order valence-electron chi connectivity index (χ2n) is 9.48. The number of hydrogen-bond donors (Lipinski definition) is 6. The fraction of sp³-hybridized carbons (Fsp3) is 0.308. The number of hydrogen-bond acceptors (Lipinski definition) is 8. The van der Waals surface area contributed by atoms with Crippen molar-refractivity contribution in [3.05, 3.63) is 77.0 Å². The zero-order chi connectivity index (χ0) is 28.4. The first kappa shape index (κ1) is 27.8. The number of nitrogens with zero attached hydrogens (tertiary/aromatic N) is 2. The van der Waals surface area contributed by atoms with Crippen molar-refractivity contribution >= 4 is 29.3 Å². The molecule has 4 rings (SSSR count). The second kappa shape index (κ2) is 10.9. The number of nitrogens with one attached hydrogen (secondary N) is 4. The third kappa shape index (κ3) is 6.26. The summed E-state index contributed by atoms with van der Waals surface area (Å²) >= 11 is 0. The average molecular weight is 545 g/mol. The topological polar surface area (TPSA) is 148 Å². The highest BCUT2D eigenvalue weighted by atomic mass is 19.4. The molecule has 1 aliphatic heterocycles. The van der Waals surface area contributed by atoms with E-state index in [1.807, 2.05) is 19.2 Å². The van der Waals surface area contributed by atoms with Crippen LogP contribution < -0.4 is 21.3 Å². The molecular formula is C26H27F3N6O4. The predicted octanol–water partition coefficient (Wildman–Crippen LogP) is 3.00. The number of carbonyl (C=O) groups is 2. The van der Waals surface area contributed by atoms with Gasteiger partial charge in [-0.1, -0.05) is 30.3 Å². The molecule has 0 saturated heterocycles. The van der Waals surface area contributed by atoms with Crippen molar-refractivity contribution in [2.75, 3.05) is 23.8 Å². The number of carbonyl (C=O) groups excluding carboxylic acids is 2. The van der Waals surface area contributed by atoms with Crippen LogP contribution in [0.3, 0.4) is 0 Å². The Morgan fingerprint density at radius 1 is 1.15 bits per heavy atom. The molecule has 13 heteroatoms. The lowest BCUT2D eigenvalue weighted by atomic mass is 9.94. The van der Waals surface area contributed by atoms with Gasteiger partial charge in [0, 0.05) is 17.4 Å². The molecule has 1 aliphatic rings. The quantitative estimate of drug-likeness (QED) is 0.241. The molecule has 10 nitrogen and oxygen atoms in total. The monoisotopic (exact) mass is 544 g/mol. The Kier molecular flexibility index (Phi) is 7.74. The van der Waals surface area contributed by atoms with Crippen LogP contribution in [0.4, 0.5) is 30.6 Å². The minimum atomic E-state index is -4.90. The maximum Gasteiger partial charge on any atom is 0.416 e. The molecular weight excluding hydrogens is 517 g/mol. The Balaban J connectivity index is 1.64. The fourth-order valence-corrected chi connectivity index (χ4v) is 4.09. The van der Waals surface area contributed by atoms with E-state index in [1.165, 1.54) is 0 Å². The molecule has 0 radical (unpaired) electrons. The number of amides is 2. The highest BCUT2D eigenvalue weighted by molar-refractivity contribution is 6.00. The van der Waals surface area contributed by atoms with Crippen LogP contribution in [0.1, 0.15) is 51.7 Å². The fourth-order valence-electron chi connectivity index (χ4n) is 4.09. The predicted molar refractivity (Wildman–Crippen MR) is 137 cm³/mol. The highest BCUT2D eigenvalue weighted by Gasteiger charge is 2.38. The first-order valence-electron chi connectivity index (χ1n) is 12.0. The largest absolute Gasteiger partial charge is 0.416 e. The first-order valence-corrected chi connectivity index (χ1v) is 12.0. The molecule has 2 heterocycles. The Hall–Kier alpha value is -4.23. The third-order valence-corrected chi connectivity index (χ3v) is 6.18. The first-order chi connectivity index (χ1) is 18.4. The Labute approximate surface area is 221 Å². The van der Waals surface area contributed by atoms with Gasteiger partial charge in [-0.25, -0.2) is 4.98 Å². The summed E-state index contributed by atoms with van der Waals surface area (Å²) in [5, 5.41) is 30.1. The lowest BCUT2D eigenvalue weighted by molar-refractivity contribution is -0.201. The summed E-state index contributed by atoms with van der Waals surface area (Å²) in [5.74, 6) is -1.16. The highest BCUT2D eigenvalue weighted by Crippen LogP contribution is 2.33. The van der Waals surface area contributed by atoms with Crippen molar-refractivity contribution in [3.63, 3.8) is 0 Å². The van der Waals surface area contributed by atoms with Gasteiger partial charge in [0.15, 0.2) is 6.10 Å². The standard InChI is InChI=1S/C26H27F3N6O4/c1-25(2)18-10-15(8-9-16(18)23(39)35-25)32-24-31-11-17(22(38)30-12-20(37)26(27,28)29)21(34-24)33-19(13-36)14-6-4-3-5-7-14/h3-11,19-20,36-37H,12-13H2,1-2H3,(H,30,38)(H,35,39)(H2,31,32,33,34)/t19-,20?/m1/s1. The summed E-state index contributed by atoms with van der Waals surface area (Å²) in [7, 11) is 0. The summed E-state index contributed by atoms with van der Waals surface area (Å²) in [5.41, 5.74) is 1.73. The number of aliphatic hydroxyl groups is 2. The smallest absolute Gasteiger partial charge is 0.394 e. The van der Waals surface area contributed by atoms with Crippen molar-refractivity contribution in [2.24, 2.45) is 0 Å². The van der Waals surface area contributed by atoms with Crippen LogP contribution in [0.15, 0.2) is 54.7 Å². The zero-order valence-corrected chi connectivity index (χ0v) is 21.0. The van der Waals surface area contributed by atoms with Crippen LogP contribution >= 0.6 is 0 Å². The average Bonchev–Trinajstić information content (AvgIpc) is 3.12. The van der Waals surface area contributed by atoms with Crippen molar-refractivity contribution in [2.45, 2.75) is 37.7 Å². The molecule has 1 aromatic heterocycles. The van der Waals surface area contributed by atoms with Gasteiger partial charge in [0.2, 0.25) is 5.95 Å². The van der Waals surface area contributed by atoms with E-state index >= 15 is 0 Å². The summed E-state index contributed by atoms with van der Waals surface area (Å²) in [6.45, 7) is 2.27. The molecule has 0 saturated carbocycles. The van der Waals surface area contributed by atoms with E-state index in [2.05, 4.69) is 25.9 Å². The number of aliphatic hydroxyl groups excluding tert-OH is 2. The van der Waals surface area contributed by atoms with Gasteiger partial charge < -0.3 is 31.5 Å². The SMILES string of the molecule is CC1(C)NC(=O)c2ccc(Nc3ncc(C(=O)NCC(O)C(F)(F)F)c(N[C@H](CO)c4ccccc4)n3)cc21. The number of rotatable bonds is 9. The Morgan fingerprint density at radius 2 is 1.87 bits per heavy atom. The van der Waals surface area contributed by atoms with Crippen LogP contribution in [0.2, 0.25) is 0 Å². The molecule has 206 valence electrons. The maximum atomic E-state index is 12.8. The molecule has 0 bridgehead atoms. The molecule has 1 unspecified atom stereocenters. The number of alkyl halides is 3. The summed E-state index contributed by atoms with van der Waals surface area (Å²) < 4.78 is 38.1.